The van der Waals surface area contributed by atoms with Crippen LogP contribution in [0, 0.1) is 0 Å². The largest absolute Gasteiger partial charge is 0.456 e. The number of benzene rings is 8. The van der Waals surface area contributed by atoms with Gasteiger partial charge < -0.3 is 4.42 Å². The van der Waals surface area contributed by atoms with Crippen LogP contribution in [0.1, 0.15) is 0 Å². The van der Waals surface area contributed by atoms with Crippen molar-refractivity contribution in [1.29, 1.82) is 0 Å². The molecule has 0 bridgehead atoms. The Bertz CT molecular complexity index is 2930. The molecule has 0 fully saturated rings. The summed E-state index contributed by atoms with van der Waals surface area (Å²) < 4.78 is 6.49. The van der Waals surface area contributed by atoms with E-state index in [1.807, 2.05) is 30.3 Å². The highest BCUT2D eigenvalue weighted by Gasteiger charge is 2.18. The topological polar surface area (TPSA) is 51.8 Å². The van der Waals surface area contributed by atoms with E-state index in [1.165, 1.54) is 16.3 Å². The van der Waals surface area contributed by atoms with E-state index in [4.69, 9.17) is 19.4 Å². The standard InChI is InChI=1S/C49H31N3O/c1-3-13-34(14-4-1)40-18-9-10-19-42(40)49-51-47(36-25-22-33(23-26-36)38-27-24-32-12-7-8-17-37(32)30-38)50-48(52-49)39-28-29-43-45(31-39)53-44-21-11-20-41(46(43)44)35-15-5-2-6-16-35/h1-31H. The fraction of sp³-hybridized carbons (Fsp3) is 0. The van der Waals surface area contributed by atoms with Gasteiger partial charge in [0, 0.05) is 27.5 Å². The molecule has 0 saturated heterocycles. The SMILES string of the molecule is c1ccc(-c2ccccc2-c2nc(-c3ccc(-c4ccc5ccccc5c4)cc3)nc(-c3ccc4c(c3)oc3cccc(-c5ccccc5)c34)n2)cc1. The number of hydrogen-bond donors (Lipinski definition) is 0. The Morgan fingerprint density at radius 2 is 0.868 bits per heavy atom. The van der Waals surface area contributed by atoms with E-state index < -0.39 is 0 Å². The van der Waals surface area contributed by atoms with E-state index in [0.29, 0.717) is 17.5 Å². The molecule has 10 aromatic rings. The van der Waals surface area contributed by atoms with E-state index >= 15 is 0 Å². The third-order valence-corrected chi connectivity index (χ3v) is 9.95. The molecular formula is C49H31N3O. The molecule has 0 saturated carbocycles. The molecule has 0 aliphatic heterocycles. The Morgan fingerprint density at radius 3 is 1.64 bits per heavy atom. The van der Waals surface area contributed by atoms with E-state index in [9.17, 15) is 0 Å². The number of rotatable bonds is 6. The van der Waals surface area contributed by atoms with Crippen molar-refractivity contribution in [2.75, 3.05) is 0 Å². The van der Waals surface area contributed by atoms with Gasteiger partial charge in [-0.15, -0.1) is 0 Å². The summed E-state index contributed by atoms with van der Waals surface area (Å²) >= 11 is 0. The summed E-state index contributed by atoms with van der Waals surface area (Å²) in [5.41, 5.74) is 11.1. The molecule has 0 unspecified atom stereocenters. The van der Waals surface area contributed by atoms with Gasteiger partial charge in [0.2, 0.25) is 0 Å². The van der Waals surface area contributed by atoms with Crippen LogP contribution in [0.4, 0.5) is 0 Å². The maximum absolute atomic E-state index is 6.49. The highest BCUT2D eigenvalue weighted by atomic mass is 16.3. The molecule has 2 aromatic heterocycles. The lowest BCUT2D eigenvalue weighted by Gasteiger charge is -2.12. The summed E-state index contributed by atoms with van der Waals surface area (Å²) in [5.74, 6) is 1.80. The van der Waals surface area contributed by atoms with Gasteiger partial charge in [-0.25, -0.2) is 15.0 Å². The first kappa shape index (κ1) is 30.6. The van der Waals surface area contributed by atoms with Gasteiger partial charge in [-0.05, 0) is 68.4 Å². The lowest BCUT2D eigenvalue weighted by molar-refractivity contribution is 0.669. The van der Waals surface area contributed by atoms with Gasteiger partial charge in [0.25, 0.3) is 0 Å². The van der Waals surface area contributed by atoms with Crippen LogP contribution in [-0.4, -0.2) is 15.0 Å². The number of aromatic nitrogens is 3. The molecule has 4 heteroatoms. The van der Waals surface area contributed by atoms with E-state index in [1.54, 1.807) is 0 Å². The molecule has 248 valence electrons. The summed E-state index contributed by atoms with van der Waals surface area (Å²) in [6.07, 6.45) is 0. The monoisotopic (exact) mass is 677 g/mol. The Hall–Kier alpha value is -7.17. The maximum Gasteiger partial charge on any atom is 0.164 e. The Morgan fingerprint density at radius 1 is 0.302 bits per heavy atom. The average molecular weight is 678 g/mol. The fourth-order valence-electron chi connectivity index (χ4n) is 7.31. The van der Waals surface area contributed by atoms with Gasteiger partial charge >= 0.3 is 0 Å². The predicted molar refractivity (Wildman–Crippen MR) is 217 cm³/mol. The quantitative estimate of drug-likeness (QED) is 0.176. The van der Waals surface area contributed by atoms with Crippen molar-refractivity contribution in [2.24, 2.45) is 0 Å². The van der Waals surface area contributed by atoms with Crippen molar-refractivity contribution < 1.29 is 4.42 Å². The minimum absolute atomic E-state index is 0.581. The van der Waals surface area contributed by atoms with Crippen molar-refractivity contribution in [3.8, 4) is 67.5 Å². The molecule has 0 aliphatic carbocycles. The minimum Gasteiger partial charge on any atom is -0.456 e. The number of nitrogens with zero attached hydrogens (tertiary/aromatic N) is 3. The second kappa shape index (κ2) is 12.9. The van der Waals surface area contributed by atoms with Gasteiger partial charge in [-0.3, -0.25) is 0 Å². The van der Waals surface area contributed by atoms with Crippen LogP contribution < -0.4 is 0 Å². The first-order valence-electron chi connectivity index (χ1n) is 17.8. The summed E-state index contributed by atoms with van der Waals surface area (Å²) in [6.45, 7) is 0. The second-order valence-electron chi connectivity index (χ2n) is 13.2. The van der Waals surface area contributed by atoms with Gasteiger partial charge in [0.05, 0.1) is 0 Å². The Balaban J connectivity index is 1.12. The average Bonchev–Trinajstić information content (AvgIpc) is 3.62. The predicted octanol–water partition coefficient (Wildman–Crippen LogP) is 12.9. The van der Waals surface area contributed by atoms with Crippen molar-refractivity contribution in [3.63, 3.8) is 0 Å². The van der Waals surface area contributed by atoms with Crippen LogP contribution in [0.25, 0.3) is 100 Å². The first-order valence-corrected chi connectivity index (χ1v) is 17.8. The van der Waals surface area contributed by atoms with Crippen LogP contribution in [-0.2, 0) is 0 Å². The Kier molecular flexibility index (Phi) is 7.43. The lowest BCUT2D eigenvalue weighted by atomic mass is 9.98. The summed E-state index contributed by atoms with van der Waals surface area (Å²) in [4.78, 5) is 15.4. The number of hydrogen-bond acceptors (Lipinski definition) is 4. The third kappa shape index (κ3) is 5.63. The zero-order valence-corrected chi connectivity index (χ0v) is 28.6. The normalized spacial score (nSPS) is 11.4. The fourth-order valence-corrected chi connectivity index (χ4v) is 7.31. The van der Waals surface area contributed by atoms with Crippen LogP contribution in [0.5, 0.6) is 0 Å². The highest BCUT2D eigenvalue weighted by Crippen LogP contribution is 2.39. The number of fused-ring (bicyclic) bond motifs is 4. The molecule has 0 aliphatic rings. The van der Waals surface area contributed by atoms with Crippen LogP contribution in [0.15, 0.2) is 192 Å². The van der Waals surface area contributed by atoms with Crippen molar-refractivity contribution >= 4 is 32.7 Å². The van der Waals surface area contributed by atoms with Crippen molar-refractivity contribution in [2.45, 2.75) is 0 Å². The summed E-state index contributed by atoms with van der Waals surface area (Å²) in [5, 5.41) is 4.60. The minimum atomic E-state index is 0.581. The zero-order chi connectivity index (χ0) is 35.1. The first-order chi connectivity index (χ1) is 26.2. The highest BCUT2D eigenvalue weighted by molar-refractivity contribution is 6.13. The molecule has 0 N–H and O–H groups in total. The molecule has 2 heterocycles. The van der Waals surface area contributed by atoms with Crippen molar-refractivity contribution in [3.05, 3.63) is 188 Å². The molecule has 0 atom stereocenters. The maximum atomic E-state index is 6.49. The smallest absolute Gasteiger partial charge is 0.164 e. The van der Waals surface area contributed by atoms with Crippen LogP contribution >= 0.6 is 0 Å². The Labute approximate surface area is 306 Å². The van der Waals surface area contributed by atoms with Gasteiger partial charge in [0.15, 0.2) is 17.5 Å². The molecule has 0 amide bonds. The molecule has 0 spiro atoms. The molecule has 10 rings (SSSR count). The van der Waals surface area contributed by atoms with E-state index in [-0.39, 0.29) is 0 Å². The molecule has 0 radical (unpaired) electrons. The lowest BCUT2D eigenvalue weighted by Crippen LogP contribution is -2.01. The molecule has 4 nitrogen and oxygen atoms in total. The van der Waals surface area contributed by atoms with Crippen LogP contribution in [0.3, 0.4) is 0 Å². The van der Waals surface area contributed by atoms with Gasteiger partial charge in [0.1, 0.15) is 11.2 Å². The number of furan rings is 1. The second-order valence-corrected chi connectivity index (χ2v) is 13.2. The molecular weight excluding hydrogens is 647 g/mol. The molecule has 8 aromatic carbocycles. The third-order valence-electron chi connectivity index (χ3n) is 9.95. The zero-order valence-electron chi connectivity index (χ0n) is 28.6. The molecule has 53 heavy (non-hydrogen) atoms. The van der Waals surface area contributed by atoms with Gasteiger partial charge in [-0.1, -0.05) is 164 Å². The van der Waals surface area contributed by atoms with Crippen molar-refractivity contribution in [1.82, 2.24) is 15.0 Å². The van der Waals surface area contributed by atoms with E-state index in [2.05, 4.69) is 158 Å². The summed E-state index contributed by atoms with van der Waals surface area (Å²) in [6, 6.07) is 65.1. The van der Waals surface area contributed by atoms with Gasteiger partial charge in [-0.2, -0.15) is 0 Å². The summed E-state index contributed by atoms with van der Waals surface area (Å²) in [7, 11) is 0. The van der Waals surface area contributed by atoms with E-state index in [0.717, 1.165) is 66.4 Å². The van der Waals surface area contributed by atoms with Crippen LogP contribution in [0.2, 0.25) is 0 Å².